The van der Waals surface area contributed by atoms with Crippen LogP contribution in [0.1, 0.15) is 40.5 Å². The van der Waals surface area contributed by atoms with Gasteiger partial charge in [0, 0.05) is 12.8 Å². The Kier molecular flexibility index (Phi) is 3.77. The molecule has 0 aromatic heterocycles. The third kappa shape index (κ3) is 2.71. The molecule has 0 aromatic rings. The van der Waals surface area contributed by atoms with Crippen LogP contribution >= 0.6 is 0 Å². The largest absolute Gasteiger partial charge is 0.466 e. The molecule has 88 valence electrons. The van der Waals surface area contributed by atoms with Gasteiger partial charge in [0.1, 0.15) is 0 Å². The maximum atomic E-state index is 10.8. The van der Waals surface area contributed by atoms with Gasteiger partial charge in [-0.25, -0.2) is 0 Å². The number of ether oxygens (including phenoxy) is 1. The van der Waals surface area contributed by atoms with Gasteiger partial charge in [-0.3, -0.25) is 4.79 Å². The zero-order chi connectivity index (χ0) is 11.6. The SMILES string of the molecule is CC(=O)OCC1C(C)CCC(O)C1(C)C. The van der Waals surface area contributed by atoms with Crippen LogP contribution < -0.4 is 0 Å². The van der Waals surface area contributed by atoms with Gasteiger partial charge in [-0.05, 0) is 24.2 Å². The predicted molar refractivity (Wildman–Crippen MR) is 58.3 cm³/mol. The summed E-state index contributed by atoms with van der Waals surface area (Å²) in [7, 11) is 0. The third-order valence-electron chi connectivity index (χ3n) is 3.86. The molecule has 1 aliphatic carbocycles. The van der Waals surface area contributed by atoms with E-state index in [0.717, 1.165) is 12.8 Å². The van der Waals surface area contributed by atoms with E-state index in [1.165, 1.54) is 6.92 Å². The van der Waals surface area contributed by atoms with Gasteiger partial charge in [0.15, 0.2) is 0 Å². The minimum absolute atomic E-state index is 0.160. The Bertz CT molecular complexity index is 235. The Balaban J connectivity index is 2.67. The number of rotatable bonds is 2. The van der Waals surface area contributed by atoms with Crippen molar-refractivity contribution < 1.29 is 14.6 Å². The molecule has 0 amide bonds. The van der Waals surface area contributed by atoms with Gasteiger partial charge < -0.3 is 9.84 Å². The number of hydrogen-bond donors (Lipinski definition) is 1. The first-order valence-corrected chi connectivity index (χ1v) is 5.67. The minimum Gasteiger partial charge on any atom is -0.466 e. The molecular weight excluding hydrogens is 192 g/mol. The molecule has 3 heteroatoms. The van der Waals surface area contributed by atoms with Crippen molar-refractivity contribution in [3.8, 4) is 0 Å². The summed E-state index contributed by atoms with van der Waals surface area (Å²) in [6.45, 7) is 8.14. The summed E-state index contributed by atoms with van der Waals surface area (Å²) < 4.78 is 5.09. The summed E-state index contributed by atoms with van der Waals surface area (Å²) in [6.07, 6.45) is 1.58. The summed E-state index contributed by atoms with van der Waals surface area (Å²) in [5.41, 5.74) is -0.160. The van der Waals surface area contributed by atoms with Crippen LogP contribution in [0.15, 0.2) is 0 Å². The first-order chi connectivity index (χ1) is 6.85. The lowest BCUT2D eigenvalue weighted by Gasteiger charge is -2.45. The molecule has 3 unspecified atom stereocenters. The predicted octanol–water partition coefficient (Wildman–Crippen LogP) is 1.98. The second-order valence-corrected chi connectivity index (χ2v) is 5.30. The molecule has 0 aromatic carbocycles. The monoisotopic (exact) mass is 214 g/mol. The molecule has 0 radical (unpaired) electrons. The Morgan fingerprint density at radius 2 is 2.07 bits per heavy atom. The normalized spacial score (nSPS) is 34.9. The average molecular weight is 214 g/mol. The van der Waals surface area contributed by atoms with E-state index in [4.69, 9.17) is 4.74 Å². The summed E-state index contributed by atoms with van der Waals surface area (Å²) in [4.78, 5) is 10.8. The third-order valence-corrected chi connectivity index (χ3v) is 3.86. The molecule has 3 nitrogen and oxygen atoms in total. The fourth-order valence-electron chi connectivity index (χ4n) is 2.56. The van der Waals surface area contributed by atoms with Crippen LogP contribution in [0.5, 0.6) is 0 Å². The van der Waals surface area contributed by atoms with E-state index < -0.39 is 0 Å². The molecule has 1 aliphatic rings. The summed E-state index contributed by atoms with van der Waals surface area (Å²) >= 11 is 0. The molecule has 3 atom stereocenters. The van der Waals surface area contributed by atoms with Crippen molar-refractivity contribution in [3.05, 3.63) is 0 Å². The summed E-state index contributed by atoms with van der Waals surface area (Å²) in [5.74, 6) is 0.519. The topological polar surface area (TPSA) is 46.5 Å². The van der Waals surface area contributed by atoms with Crippen LogP contribution in [0, 0.1) is 17.3 Å². The first-order valence-electron chi connectivity index (χ1n) is 5.67. The van der Waals surface area contributed by atoms with E-state index >= 15 is 0 Å². The fraction of sp³-hybridized carbons (Fsp3) is 0.917. The van der Waals surface area contributed by atoms with Gasteiger partial charge in [0.2, 0.25) is 0 Å². The standard InChI is InChI=1S/C12H22O3/c1-8-5-6-11(14)12(3,4)10(8)7-15-9(2)13/h8,10-11,14H,5-7H2,1-4H3. The number of esters is 1. The Morgan fingerprint density at radius 1 is 1.47 bits per heavy atom. The highest BCUT2D eigenvalue weighted by molar-refractivity contribution is 5.65. The van der Waals surface area contributed by atoms with Crippen LogP contribution in [0.3, 0.4) is 0 Å². The maximum absolute atomic E-state index is 10.8. The Hall–Kier alpha value is -0.570. The van der Waals surface area contributed by atoms with Crippen LogP contribution in [0.4, 0.5) is 0 Å². The van der Waals surface area contributed by atoms with Crippen LogP contribution in [0.25, 0.3) is 0 Å². The van der Waals surface area contributed by atoms with E-state index in [1.54, 1.807) is 0 Å². The lowest BCUT2D eigenvalue weighted by Crippen LogP contribution is -2.46. The van der Waals surface area contributed by atoms with Crippen molar-refractivity contribution in [2.45, 2.75) is 46.6 Å². The van der Waals surface area contributed by atoms with Crippen molar-refractivity contribution in [1.29, 1.82) is 0 Å². The smallest absolute Gasteiger partial charge is 0.302 e. The van der Waals surface area contributed by atoms with Crippen LogP contribution in [-0.2, 0) is 9.53 Å². The molecule has 1 fully saturated rings. The number of aliphatic hydroxyl groups excluding tert-OH is 1. The molecule has 0 spiro atoms. The average Bonchev–Trinajstić information content (AvgIpc) is 2.11. The zero-order valence-electron chi connectivity index (χ0n) is 10.1. The highest BCUT2D eigenvalue weighted by Crippen LogP contribution is 2.44. The van der Waals surface area contributed by atoms with Gasteiger partial charge in [-0.2, -0.15) is 0 Å². The lowest BCUT2D eigenvalue weighted by molar-refractivity contribution is -0.148. The van der Waals surface area contributed by atoms with Crippen LogP contribution in [-0.4, -0.2) is 23.8 Å². The summed E-state index contributed by atoms with van der Waals surface area (Å²) in [5, 5.41) is 9.95. The molecule has 0 heterocycles. The summed E-state index contributed by atoms with van der Waals surface area (Å²) in [6, 6.07) is 0. The fourth-order valence-corrected chi connectivity index (χ4v) is 2.56. The minimum atomic E-state index is -0.283. The van der Waals surface area contributed by atoms with Gasteiger partial charge >= 0.3 is 5.97 Å². The van der Waals surface area contributed by atoms with E-state index in [9.17, 15) is 9.90 Å². The van der Waals surface area contributed by atoms with Crippen molar-refractivity contribution in [3.63, 3.8) is 0 Å². The quantitative estimate of drug-likeness (QED) is 0.715. The molecule has 1 rings (SSSR count). The second-order valence-electron chi connectivity index (χ2n) is 5.30. The van der Waals surface area contributed by atoms with Crippen molar-refractivity contribution >= 4 is 5.97 Å². The van der Waals surface area contributed by atoms with Gasteiger partial charge in [0.25, 0.3) is 0 Å². The van der Waals surface area contributed by atoms with Crippen molar-refractivity contribution in [1.82, 2.24) is 0 Å². The lowest BCUT2D eigenvalue weighted by atomic mass is 9.63. The molecule has 0 bridgehead atoms. The number of hydrogen-bond acceptors (Lipinski definition) is 3. The Morgan fingerprint density at radius 3 is 2.60 bits per heavy atom. The maximum Gasteiger partial charge on any atom is 0.302 e. The number of carbonyl (C=O) groups is 1. The van der Waals surface area contributed by atoms with E-state index in [0.29, 0.717) is 12.5 Å². The molecule has 0 saturated heterocycles. The van der Waals surface area contributed by atoms with Gasteiger partial charge in [-0.15, -0.1) is 0 Å². The first kappa shape index (κ1) is 12.5. The highest BCUT2D eigenvalue weighted by Gasteiger charge is 2.43. The molecule has 0 aliphatic heterocycles. The number of aliphatic hydroxyl groups is 1. The number of carbonyl (C=O) groups excluding carboxylic acids is 1. The molecular formula is C12H22O3. The molecule has 1 N–H and O–H groups in total. The van der Waals surface area contributed by atoms with E-state index in [1.807, 2.05) is 0 Å². The van der Waals surface area contributed by atoms with Crippen molar-refractivity contribution in [2.24, 2.45) is 17.3 Å². The molecule has 15 heavy (non-hydrogen) atoms. The van der Waals surface area contributed by atoms with E-state index in [-0.39, 0.29) is 23.4 Å². The van der Waals surface area contributed by atoms with Gasteiger partial charge in [0.05, 0.1) is 12.7 Å². The highest BCUT2D eigenvalue weighted by atomic mass is 16.5. The van der Waals surface area contributed by atoms with Crippen LogP contribution in [0.2, 0.25) is 0 Å². The van der Waals surface area contributed by atoms with Gasteiger partial charge in [-0.1, -0.05) is 20.8 Å². The molecule has 1 saturated carbocycles. The zero-order valence-corrected chi connectivity index (χ0v) is 10.1. The van der Waals surface area contributed by atoms with E-state index in [2.05, 4.69) is 20.8 Å². The Labute approximate surface area is 91.8 Å². The second kappa shape index (κ2) is 4.52. The van der Waals surface area contributed by atoms with Crippen molar-refractivity contribution in [2.75, 3.05) is 6.61 Å².